The van der Waals surface area contributed by atoms with Crippen LogP contribution in [-0.2, 0) is 0 Å². The van der Waals surface area contributed by atoms with E-state index in [0.29, 0.717) is 0 Å². The molecule has 0 atom stereocenters. The van der Waals surface area contributed by atoms with Crippen molar-refractivity contribution < 1.29 is 5.21 Å². The van der Waals surface area contributed by atoms with Gasteiger partial charge in [0.1, 0.15) is 0 Å². The van der Waals surface area contributed by atoms with Crippen molar-refractivity contribution >= 4 is 23.3 Å². The smallest absolute Gasteiger partial charge is 0.173 e. The fourth-order valence-electron chi connectivity index (χ4n) is 2.73. The quantitative estimate of drug-likeness (QED) is 0.277. The Morgan fingerprint density at radius 1 is 1.43 bits per heavy atom. The fourth-order valence-corrected chi connectivity index (χ4v) is 3.36. The largest absolute Gasteiger partial charge is 0.409 e. The van der Waals surface area contributed by atoms with E-state index in [2.05, 4.69) is 22.0 Å². The highest BCUT2D eigenvalue weighted by molar-refractivity contribution is 7.98. The molecule has 0 bridgehead atoms. The fraction of sp³-hybridized carbons (Fsp3) is 0.533. The number of nitrogens with two attached hydrogens (primary N) is 1. The Labute approximate surface area is 130 Å². The number of amidine groups is 1. The minimum absolute atomic E-state index is 0.169. The van der Waals surface area contributed by atoms with Gasteiger partial charge in [-0.25, -0.2) is 0 Å². The van der Waals surface area contributed by atoms with Gasteiger partial charge in [-0.15, -0.1) is 11.8 Å². The molecule has 1 saturated heterocycles. The summed E-state index contributed by atoms with van der Waals surface area (Å²) in [5.74, 6) is 0.169. The van der Waals surface area contributed by atoms with Crippen LogP contribution in [0, 0.1) is 0 Å². The molecule has 0 aromatic heterocycles. The third-order valence-electron chi connectivity index (χ3n) is 3.95. The van der Waals surface area contributed by atoms with Crippen LogP contribution in [0.4, 0.5) is 5.69 Å². The molecule has 116 valence electrons. The molecule has 0 saturated carbocycles. The van der Waals surface area contributed by atoms with Gasteiger partial charge in [0.25, 0.3) is 0 Å². The summed E-state index contributed by atoms with van der Waals surface area (Å²) >= 11 is 1.61. The molecule has 1 aliphatic heterocycles. The summed E-state index contributed by atoms with van der Waals surface area (Å²) in [5.41, 5.74) is 7.70. The van der Waals surface area contributed by atoms with Crippen molar-refractivity contribution in [3.8, 4) is 0 Å². The maximum absolute atomic E-state index is 9.04. The summed E-state index contributed by atoms with van der Waals surface area (Å²) in [6, 6.07) is 6.04. The van der Waals surface area contributed by atoms with E-state index >= 15 is 0 Å². The maximum atomic E-state index is 9.04. The highest BCUT2D eigenvalue weighted by Crippen LogP contribution is 2.29. The average Bonchev–Trinajstić information content (AvgIpc) is 3.04. The van der Waals surface area contributed by atoms with Gasteiger partial charge in [0, 0.05) is 30.7 Å². The minimum atomic E-state index is 0.169. The first-order chi connectivity index (χ1) is 10.2. The summed E-state index contributed by atoms with van der Waals surface area (Å²) < 4.78 is 0. The van der Waals surface area contributed by atoms with E-state index in [9.17, 15) is 0 Å². The Morgan fingerprint density at radius 2 is 2.14 bits per heavy atom. The van der Waals surface area contributed by atoms with Crippen molar-refractivity contribution in [1.29, 1.82) is 0 Å². The second-order valence-corrected chi connectivity index (χ2v) is 6.16. The van der Waals surface area contributed by atoms with Gasteiger partial charge in [0.05, 0.1) is 5.56 Å². The van der Waals surface area contributed by atoms with Crippen LogP contribution >= 0.6 is 11.8 Å². The van der Waals surface area contributed by atoms with Gasteiger partial charge in [-0.2, -0.15) is 0 Å². The van der Waals surface area contributed by atoms with Crippen LogP contribution in [0.15, 0.2) is 28.3 Å². The monoisotopic (exact) mass is 308 g/mol. The van der Waals surface area contributed by atoms with E-state index in [0.717, 1.165) is 29.2 Å². The van der Waals surface area contributed by atoms with E-state index in [4.69, 9.17) is 10.9 Å². The molecule has 1 aromatic rings. The van der Waals surface area contributed by atoms with Gasteiger partial charge in [-0.3, -0.25) is 0 Å². The van der Waals surface area contributed by atoms with Gasteiger partial charge in [-0.1, -0.05) is 11.2 Å². The first-order valence-electron chi connectivity index (χ1n) is 7.25. The van der Waals surface area contributed by atoms with E-state index in [-0.39, 0.29) is 5.84 Å². The first kappa shape index (κ1) is 16.0. The second-order valence-electron chi connectivity index (χ2n) is 5.31. The number of likely N-dealkylation sites (N-methyl/N-ethyl adjacent to an activating group) is 1. The zero-order valence-corrected chi connectivity index (χ0v) is 13.6. The number of rotatable bonds is 6. The van der Waals surface area contributed by atoms with Gasteiger partial charge in [0.15, 0.2) is 5.84 Å². The Hall–Kier alpha value is -1.40. The summed E-state index contributed by atoms with van der Waals surface area (Å²) in [6.45, 7) is 4.39. The molecule has 0 spiro atoms. The van der Waals surface area contributed by atoms with Gasteiger partial charge in [0.2, 0.25) is 0 Å². The molecule has 1 aromatic carbocycles. The average molecular weight is 308 g/mol. The zero-order chi connectivity index (χ0) is 15.2. The maximum Gasteiger partial charge on any atom is 0.173 e. The van der Waals surface area contributed by atoms with Crippen LogP contribution in [0.25, 0.3) is 0 Å². The Bertz CT molecular complexity index is 500. The van der Waals surface area contributed by atoms with Crippen molar-refractivity contribution in [3.05, 3.63) is 23.8 Å². The Balaban J connectivity index is 2.16. The first-order valence-corrected chi connectivity index (χ1v) is 8.48. The van der Waals surface area contributed by atoms with Gasteiger partial charge >= 0.3 is 0 Å². The number of likely N-dealkylation sites (tertiary alicyclic amines) is 1. The van der Waals surface area contributed by atoms with E-state index in [1.165, 1.54) is 25.9 Å². The van der Waals surface area contributed by atoms with E-state index in [1.54, 1.807) is 11.8 Å². The highest BCUT2D eigenvalue weighted by atomic mass is 32.2. The summed E-state index contributed by atoms with van der Waals surface area (Å²) in [4.78, 5) is 5.69. The van der Waals surface area contributed by atoms with Crippen molar-refractivity contribution in [3.63, 3.8) is 0 Å². The lowest BCUT2D eigenvalue weighted by molar-refractivity contribution is 0.318. The molecule has 3 N–H and O–H groups in total. The molecular weight excluding hydrogens is 284 g/mol. The van der Waals surface area contributed by atoms with Crippen molar-refractivity contribution in [2.45, 2.75) is 17.7 Å². The Kier molecular flexibility index (Phi) is 5.76. The normalized spacial score (nSPS) is 16.4. The number of hydrogen-bond acceptors (Lipinski definition) is 5. The van der Waals surface area contributed by atoms with Crippen LogP contribution in [0.1, 0.15) is 18.4 Å². The number of benzene rings is 1. The van der Waals surface area contributed by atoms with Crippen molar-refractivity contribution in [2.75, 3.05) is 44.4 Å². The predicted octanol–water partition coefficient (Wildman–Crippen LogP) is 2.04. The molecule has 1 fully saturated rings. The molecule has 0 aliphatic carbocycles. The molecule has 6 heteroatoms. The SMILES string of the molecule is CSc1cccc(N(C)CCN2CCCC2)c1/C(N)=N/O. The number of oxime groups is 1. The van der Waals surface area contributed by atoms with E-state index in [1.807, 2.05) is 24.5 Å². The molecule has 0 radical (unpaired) electrons. The van der Waals surface area contributed by atoms with Crippen molar-refractivity contribution in [2.24, 2.45) is 10.9 Å². The lowest BCUT2D eigenvalue weighted by Crippen LogP contribution is -2.32. The van der Waals surface area contributed by atoms with Crippen LogP contribution in [0.2, 0.25) is 0 Å². The molecule has 2 rings (SSSR count). The lowest BCUT2D eigenvalue weighted by atomic mass is 10.1. The third-order valence-corrected chi connectivity index (χ3v) is 4.73. The van der Waals surface area contributed by atoms with Crippen LogP contribution in [-0.4, -0.2) is 55.4 Å². The number of anilines is 1. The molecule has 5 nitrogen and oxygen atoms in total. The molecule has 1 aliphatic rings. The summed E-state index contributed by atoms with van der Waals surface area (Å²) in [5, 5.41) is 12.2. The lowest BCUT2D eigenvalue weighted by Gasteiger charge is -2.26. The minimum Gasteiger partial charge on any atom is -0.409 e. The second kappa shape index (κ2) is 7.56. The van der Waals surface area contributed by atoms with Gasteiger partial charge in [-0.05, 0) is 44.3 Å². The molecule has 1 heterocycles. The van der Waals surface area contributed by atoms with Crippen LogP contribution in [0.3, 0.4) is 0 Å². The highest BCUT2D eigenvalue weighted by Gasteiger charge is 2.17. The molecular formula is C15H24N4OS. The zero-order valence-electron chi connectivity index (χ0n) is 12.7. The van der Waals surface area contributed by atoms with E-state index < -0.39 is 0 Å². The molecule has 0 amide bonds. The topological polar surface area (TPSA) is 65.1 Å². The Morgan fingerprint density at radius 3 is 2.76 bits per heavy atom. The molecule has 21 heavy (non-hydrogen) atoms. The number of nitrogens with zero attached hydrogens (tertiary/aromatic N) is 3. The predicted molar refractivity (Wildman–Crippen MR) is 89.7 cm³/mol. The number of hydrogen-bond donors (Lipinski definition) is 2. The number of thioether (sulfide) groups is 1. The third kappa shape index (κ3) is 3.83. The van der Waals surface area contributed by atoms with Gasteiger partial charge < -0.3 is 20.7 Å². The van der Waals surface area contributed by atoms with Crippen molar-refractivity contribution in [1.82, 2.24) is 4.90 Å². The summed E-state index contributed by atoms with van der Waals surface area (Å²) in [6.07, 6.45) is 4.61. The summed E-state index contributed by atoms with van der Waals surface area (Å²) in [7, 11) is 2.06. The van der Waals surface area contributed by atoms with Crippen LogP contribution in [0.5, 0.6) is 0 Å². The molecule has 0 unspecified atom stereocenters. The van der Waals surface area contributed by atoms with Crippen LogP contribution < -0.4 is 10.6 Å². The standard InChI is InChI=1S/C15H24N4OS/c1-18(10-11-19-8-3-4-9-19)12-6-5-7-13(21-2)14(12)15(16)17-20/h5-7,20H,3-4,8-11H2,1-2H3,(H2,16,17).